The highest BCUT2D eigenvalue weighted by Crippen LogP contribution is 2.11. The van der Waals surface area contributed by atoms with E-state index in [-0.39, 0.29) is 6.54 Å². The van der Waals surface area contributed by atoms with Crippen LogP contribution in [-0.4, -0.2) is 12.5 Å². The highest BCUT2D eigenvalue weighted by atomic mass is 19.1. The lowest BCUT2D eigenvalue weighted by atomic mass is 10.1. The van der Waals surface area contributed by atoms with Crippen molar-refractivity contribution in [1.82, 2.24) is 5.32 Å². The average molecular weight is 224 g/mol. The van der Waals surface area contributed by atoms with Gasteiger partial charge in [-0.3, -0.25) is 4.79 Å². The van der Waals surface area contributed by atoms with Gasteiger partial charge in [-0.2, -0.15) is 5.26 Å². The number of nitrogens with zero attached hydrogens (tertiary/aromatic N) is 1. The first kappa shape index (κ1) is 12.1. The third kappa shape index (κ3) is 2.76. The molecule has 0 aromatic heterocycles. The van der Waals surface area contributed by atoms with Crippen LogP contribution >= 0.6 is 0 Å². The maximum atomic E-state index is 13.1. The third-order valence-corrected chi connectivity index (χ3v) is 1.98. The summed E-state index contributed by atoms with van der Waals surface area (Å²) in [6.45, 7) is 1.65. The minimum Gasteiger partial charge on any atom is -0.351 e. The first-order valence-electron chi connectivity index (χ1n) is 4.68. The second-order valence-electron chi connectivity index (χ2n) is 3.34. The molecule has 1 rings (SSSR count). The smallest absolute Gasteiger partial charge is 0.257 e. The number of nitriles is 1. The molecule has 0 fully saturated rings. The molecule has 0 radical (unpaired) electrons. The Morgan fingerprint density at radius 2 is 2.06 bits per heavy atom. The van der Waals surface area contributed by atoms with Crippen molar-refractivity contribution < 1.29 is 13.6 Å². The summed E-state index contributed by atoms with van der Waals surface area (Å²) >= 11 is 0. The van der Waals surface area contributed by atoms with Gasteiger partial charge in [-0.05, 0) is 19.1 Å². The summed E-state index contributed by atoms with van der Waals surface area (Å²) in [5.74, 6) is -3.08. The molecule has 1 unspecified atom stereocenters. The number of carbonyl (C=O) groups excluding carboxylic acids is 1. The lowest BCUT2D eigenvalue weighted by Gasteiger charge is -2.07. The van der Waals surface area contributed by atoms with Crippen LogP contribution in [0, 0.1) is 28.9 Å². The molecule has 0 aliphatic rings. The van der Waals surface area contributed by atoms with E-state index in [1.54, 1.807) is 6.92 Å². The summed E-state index contributed by atoms with van der Waals surface area (Å²) in [6.07, 6.45) is 0. The van der Waals surface area contributed by atoms with E-state index < -0.39 is 29.0 Å². The van der Waals surface area contributed by atoms with Crippen molar-refractivity contribution in [2.45, 2.75) is 6.92 Å². The van der Waals surface area contributed by atoms with E-state index in [2.05, 4.69) is 5.32 Å². The molecule has 0 aliphatic heterocycles. The van der Waals surface area contributed by atoms with Crippen LogP contribution < -0.4 is 5.32 Å². The monoisotopic (exact) mass is 224 g/mol. The summed E-state index contributed by atoms with van der Waals surface area (Å²) in [6, 6.07) is 5.09. The molecule has 0 saturated carbocycles. The fraction of sp³-hybridized carbons (Fsp3) is 0.273. The summed E-state index contributed by atoms with van der Waals surface area (Å²) in [7, 11) is 0. The predicted molar refractivity (Wildman–Crippen MR) is 53.5 cm³/mol. The number of nitrogens with one attached hydrogen (secondary N) is 1. The third-order valence-electron chi connectivity index (χ3n) is 1.98. The highest BCUT2D eigenvalue weighted by Gasteiger charge is 2.16. The Balaban J connectivity index is 2.78. The van der Waals surface area contributed by atoms with Crippen LogP contribution in [0.4, 0.5) is 8.78 Å². The van der Waals surface area contributed by atoms with Crippen LogP contribution in [0.2, 0.25) is 0 Å². The Morgan fingerprint density at radius 1 is 1.50 bits per heavy atom. The standard InChI is InChI=1S/C11H10F2N2O/c1-7(5-14)6-15-11(16)10-8(12)3-2-4-9(10)13/h2-4,7H,6H2,1H3,(H,15,16). The predicted octanol–water partition coefficient (Wildman–Crippen LogP) is 1.85. The molecule has 0 heterocycles. The van der Waals surface area contributed by atoms with Crippen molar-refractivity contribution in [3.63, 3.8) is 0 Å². The van der Waals surface area contributed by atoms with Crippen LogP contribution in [0.25, 0.3) is 0 Å². The Labute approximate surface area is 91.7 Å². The Morgan fingerprint density at radius 3 is 2.56 bits per heavy atom. The molecule has 3 nitrogen and oxygen atoms in total. The van der Waals surface area contributed by atoms with Gasteiger partial charge in [0.15, 0.2) is 0 Å². The van der Waals surface area contributed by atoms with E-state index in [1.807, 2.05) is 6.07 Å². The number of hydrogen-bond acceptors (Lipinski definition) is 2. The number of hydrogen-bond donors (Lipinski definition) is 1. The van der Waals surface area contributed by atoms with E-state index in [1.165, 1.54) is 6.07 Å². The number of benzene rings is 1. The molecule has 1 N–H and O–H groups in total. The van der Waals surface area contributed by atoms with Gasteiger partial charge in [-0.1, -0.05) is 6.07 Å². The molecule has 1 aromatic carbocycles. The summed E-state index contributed by atoms with van der Waals surface area (Å²) in [5, 5.41) is 10.8. The Hall–Kier alpha value is -1.96. The molecule has 1 aromatic rings. The molecule has 1 amide bonds. The second-order valence-corrected chi connectivity index (χ2v) is 3.34. The summed E-state index contributed by atoms with van der Waals surface area (Å²) < 4.78 is 26.3. The zero-order chi connectivity index (χ0) is 12.1. The molecule has 5 heteroatoms. The van der Waals surface area contributed by atoms with Gasteiger partial charge >= 0.3 is 0 Å². The fourth-order valence-electron chi connectivity index (χ4n) is 1.09. The number of carbonyl (C=O) groups is 1. The minimum absolute atomic E-state index is 0.0586. The quantitative estimate of drug-likeness (QED) is 0.851. The molecule has 0 aliphatic carbocycles. The molecule has 0 bridgehead atoms. The van der Waals surface area contributed by atoms with Crippen LogP contribution in [0.1, 0.15) is 17.3 Å². The normalized spacial score (nSPS) is 11.6. The van der Waals surface area contributed by atoms with Crippen LogP contribution in [0.15, 0.2) is 18.2 Å². The fourth-order valence-corrected chi connectivity index (χ4v) is 1.09. The maximum Gasteiger partial charge on any atom is 0.257 e. The molecule has 1 atom stereocenters. The lowest BCUT2D eigenvalue weighted by molar-refractivity contribution is 0.0942. The van der Waals surface area contributed by atoms with E-state index in [4.69, 9.17) is 5.26 Å². The van der Waals surface area contributed by atoms with E-state index >= 15 is 0 Å². The van der Waals surface area contributed by atoms with Crippen LogP contribution in [0.3, 0.4) is 0 Å². The molecular weight excluding hydrogens is 214 g/mol. The number of amides is 1. The van der Waals surface area contributed by atoms with Gasteiger partial charge in [0.05, 0.1) is 12.0 Å². The van der Waals surface area contributed by atoms with Crippen LogP contribution in [0.5, 0.6) is 0 Å². The SMILES string of the molecule is CC(C#N)CNC(=O)c1c(F)cccc1F. The minimum atomic E-state index is -0.915. The topological polar surface area (TPSA) is 52.9 Å². The second kappa shape index (κ2) is 5.21. The van der Waals surface area contributed by atoms with Crippen molar-refractivity contribution in [2.24, 2.45) is 5.92 Å². The van der Waals surface area contributed by atoms with Crippen molar-refractivity contribution >= 4 is 5.91 Å². The van der Waals surface area contributed by atoms with Gasteiger partial charge < -0.3 is 5.32 Å². The highest BCUT2D eigenvalue weighted by molar-refractivity contribution is 5.94. The zero-order valence-electron chi connectivity index (χ0n) is 8.63. The van der Waals surface area contributed by atoms with Gasteiger partial charge in [0.2, 0.25) is 0 Å². The van der Waals surface area contributed by atoms with Crippen molar-refractivity contribution in [3.05, 3.63) is 35.4 Å². The van der Waals surface area contributed by atoms with Gasteiger partial charge in [0.1, 0.15) is 17.2 Å². The Kier molecular flexibility index (Phi) is 3.95. The van der Waals surface area contributed by atoms with E-state index in [9.17, 15) is 13.6 Å². The lowest BCUT2D eigenvalue weighted by Crippen LogP contribution is -2.29. The molecule has 0 spiro atoms. The molecule has 84 valence electrons. The van der Waals surface area contributed by atoms with E-state index in [0.29, 0.717) is 0 Å². The largest absolute Gasteiger partial charge is 0.351 e. The van der Waals surface area contributed by atoms with Gasteiger partial charge in [0, 0.05) is 6.54 Å². The van der Waals surface area contributed by atoms with Crippen molar-refractivity contribution in [1.29, 1.82) is 5.26 Å². The first-order valence-corrected chi connectivity index (χ1v) is 4.68. The van der Waals surface area contributed by atoms with Gasteiger partial charge in [-0.15, -0.1) is 0 Å². The first-order chi connectivity index (χ1) is 7.56. The van der Waals surface area contributed by atoms with Crippen molar-refractivity contribution in [2.75, 3.05) is 6.54 Å². The molecular formula is C11H10F2N2O. The Bertz CT molecular complexity index is 420. The summed E-state index contributed by atoms with van der Waals surface area (Å²) in [4.78, 5) is 11.4. The van der Waals surface area contributed by atoms with E-state index in [0.717, 1.165) is 12.1 Å². The maximum absolute atomic E-state index is 13.1. The molecule has 16 heavy (non-hydrogen) atoms. The molecule has 0 saturated heterocycles. The van der Waals surface area contributed by atoms with Gasteiger partial charge in [0.25, 0.3) is 5.91 Å². The van der Waals surface area contributed by atoms with Crippen molar-refractivity contribution in [3.8, 4) is 6.07 Å². The number of rotatable bonds is 3. The number of halogens is 2. The van der Waals surface area contributed by atoms with Gasteiger partial charge in [-0.25, -0.2) is 8.78 Å². The zero-order valence-corrected chi connectivity index (χ0v) is 8.63. The average Bonchev–Trinajstić information content (AvgIpc) is 2.25. The van der Waals surface area contributed by atoms with Crippen LogP contribution in [-0.2, 0) is 0 Å². The summed E-state index contributed by atoms with van der Waals surface area (Å²) in [5.41, 5.74) is -0.618.